The fraction of sp³-hybridized carbons (Fsp3) is 0.455. The third-order valence-electron chi connectivity index (χ3n) is 2.37. The van der Waals surface area contributed by atoms with Gasteiger partial charge in [-0.15, -0.1) is 0 Å². The quantitative estimate of drug-likeness (QED) is 0.797. The van der Waals surface area contributed by atoms with E-state index in [2.05, 4.69) is 15.6 Å². The Morgan fingerprint density at radius 3 is 2.75 bits per heavy atom. The molecule has 1 aliphatic carbocycles. The van der Waals surface area contributed by atoms with Gasteiger partial charge in [0, 0.05) is 14.1 Å². The Hall–Kier alpha value is -1.78. The van der Waals surface area contributed by atoms with E-state index in [1.165, 1.54) is 0 Å². The molecular weight excluding hydrogens is 206 g/mol. The minimum atomic E-state index is -0.200. The van der Waals surface area contributed by atoms with E-state index >= 15 is 0 Å². The lowest BCUT2D eigenvalue weighted by molar-refractivity contribution is 0.0958. The molecule has 0 atom stereocenters. The molecule has 0 spiro atoms. The lowest BCUT2D eigenvalue weighted by atomic mass is 10.3. The van der Waals surface area contributed by atoms with Crippen molar-refractivity contribution in [1.82, 2.24) is 10.3 Å². The fourth-order valence-electron chi connectivity index (χ4n) is 1.34. The zero-order valence-electron chi connectivity index (χ0n) is 9.41. The number of carbonyl (C=O) groups is 1. The highest BCUT2D eigenvalue weighted by atomic mass is 16.5. The summed E-state index contributed by atoms with van der Waals surface area (Å²) in [6, 6.07) is 3.44. The van der Waals surface area contributed by atoms with E-state index in [9.17, 15) is 4.79 Å². The number of amides is 1. The first-order valence-corrected chi connectivity index (χ1v) is 5.32. The number of aromatic nitrogens is 1. The number of ether oxygens (including phenoxy) is 1. The molecule has 1 amide bonds. The van der Waals surface area contributed by atoms with Crippen LogP contribution < -0.4 is 15.4 Å². The van der Waals surface area contributed by atoms with Crippen molar-refractivity contribution in [2.24, 2.45) is 0 Å². The highest BCUT2D eigenvalue weighted by molar-refractivity contribution is 5.92. The topological polar surface area (TPSA) is 63.2 Å². The van der Waals surface area contributed by atoms with Crippen LogP contribution in [0.5, 0.6) is 5.75 Å². The number of nitrogens with one attached hydrogen (secondary N) is 2. The molecule has 16 heavy (non-hydrogen) atoms. The number of rotatable bonds is 4. The third-order valence-corrected chi connectivity index (χ3v) is 2.37. The van der Waals surface area contributed by atoms with Gasteiger partial charge in [0.05, 0.1) is 6.10 Å². The highest BCUT2D eigenvalue weighted by Crippen LogP contribution is 2.30. The van der Waals surface area contributed by atoms with Gasteiger partial charge in [0.1, 0.15) is 5.69 Å². The molecule has 1 saturated carbocycles. The second kappa shape index (κ2) is 4.38. The largest absolute Gasteiger partial charge is 0.487 e. The first-order valence-electron chi connectivity index (χ1n) is 5.32. The van der Waals surface area contributed by atoms with Crippen LogP contribution in [0.25, 0.3) is 0 Å². The Bertz CT molecular complexity index is 402. The van der Waals surface area contributed by atoms with Crippen LogP contribution in [0.4, 0.5) is 5.82 Å². The average molecular weight is 221 g/mol. The van der Waals surface area contributed by atoms with Crippen LogP contribution in [0.2, 0.25) is 0 Å². The molecule has 0 bridgehead atoms. The molecule has 0 aromatic carbocycles. The maximum absolute atomic E-state index is 11.4. The minimum absolute atomic E-state index is 0.200. The fourth-order valence-corrected chi connectivity index (χ4v) is 1.34. The standard InChI is InChI=1S/C11H15N3O2/c1-12-10-9(16-7-3-4-7)6-5-8(14-10)11(15)13-2/h5-7H,3-4H2,1-2H3,(H,12,14)(H,13,15). The van der Waals surface area contributed by atoms with Gasteiger partial charge in [0.25, 0.3) is 5.91 Å². The van der Waals surface area contributed by atoms with Crippen LogP contribution in [0.15, 0.2) is 12.1 Å². The highest BCUT2D eigenvalue weighted by Gasteiger charge is 2.25. The summed E-state index contributed by atoms with van der Waals surface area (Å²) in [4.78, 5) is 15.6. The summed E-state index contributed by atoms with van der Waals surface area (Å²) in [7, 11) is 3.34. The monoisotopic (exact) mass is 221 g/mol. The summed E-state index contributed by atoms with van der Waals surface area (Å²) >= 11 is 0. The van der Waals surface area contributed by atoms with Gasteiger partial charge in [-0.05, 0) is 25.0 Å². The third kappa shape index (κ3) is 2.24. The Kier molecular flexibility index (Phi) is 2.94. The van der Waals surface area contributed by atoms with Crippen molar-refractivity contribution in [3.05, 3.63) is 17.8 Å². The van der Waals surface area contributed by atoms with Gasteiger partial charge in [-0.25, -0.2) is 4.98 Å². The molecule has 5 nitrogen and oxygen atoms in total. The number of pyridine rings is 1. The molecule has 1 aliphatic rings. The lowest BCUT2D eigenvalue weighted by Gasteiger charge is -2.10. The van der Waals surface area contributed by atoms with Crippen LogP contribution in [0.3, 0.4) is 0 Å². The van der Waals surface area contributed by atoms with E-state index in [4.69, 9.17) is 4.74 Å². The summed E-state index contributed by atoms with van der Waals surface area (Å²) in [6.07, 6.45) is 2.51. The average Bonchev–Trinajstić information content (AvgIpc) is 3.12. The first-order chi connectivity index (χ1) is 7.74. The first kappa shape index (κ1) is 10.7. The van der Waals surface area contributed by atoms with Crippen LogP contribution in [-0.4, -0.2) is 31.1 Å². The summed E-state index contributed by atoms with van der Waals surface area (Å²) in [5.74, 6) is 1.11. The van der Waals surface area contributed by atoms with E-state index in [-0.39, 0.29) is 5.91 Å². The molecule has 0 aliphatic heterocycles. The smallest absolute Gasteiger partial charge is 0.269 e. The molecule has 2 N–H and O–H groups in total. The lowest BCUT2D eigenvalue weighted by Crippen LogP contribution is -2.19. The minimum Gasteiger partial charge on any atom is -0.487 e. The van der Waals surface area contributed by atoms with Crippen LogP contribution in [-0.2, 0) is 0 Å². The van der Waals surface area contributed by atoms with E-state index in [0.29, 0.717) is 23.4 Å². The predicted molar refractivity (Wildman–Crippen MR) is 60.8 cm³/mol. The SMILES string of the molecule is CNC(=O)c1ccc(OC2CC2)c(NC)n1. The van der Waals surface area contributed by atoms with E-state index in [1.807, 2.05) is 0 Å². The van der Waals surface area contributed by atoms with Crippen molar-refractivity contribution in [2.75, 3.05) is 19.4 Å². The molecule has 0 unspecified atom stereocenters. The summed E-state index contributed by atoms with van der Waals surface area (Å²) in [6.45, 7) is 0. The van der Waals surface area contributed by atoms with Crippen molar-refractivity contribution in [3.8, 4) is 5.75 Å². The van der Waals surface area contributed by atoms with Crippen molar-refractivity contribution in [3.63, 3.8) is 0 Å². The van der Waals surface area contributed by atoms with E-state index in [0.717, 1.165) is 12.8 Å². The number of anilines is 1. The second-order valence-corrected chi connectivity index (χ2v) is 3.69. The van der Waals surface area contributed by atoms with Gasteiger partial charge in [-0.1, -0.05) is 0 Å². The van der Waals surface area contributed by atoms with Gasteiger partial charge in [0.2, 0.25) is 0 Å². The molecule has 1 heterocycles. The number of nitrogens with zero attached hydrogens (tertiary/aromatic N) is 1. The summed E-state index contributed by atoms with van der Waals surface area (Å²) in [5.41, 5.74) is 0.384. The molecule has 0 radical (unpaired) electrons. The molecule has 1 aromatic heterocycles. The Morgan fingerprint density at radius 2 is 2.19 bits per heavy atom. The maximum Gasteiger partial charge on any atom is 0.269 e. The second-order valence-electron chi connectivity index (χ2n) is 3.69. The molecular formula is C11H15N3O2. The molecule has 1 aromatic rings. The zero-order valence-corrected chi connectivity index (χ0v) is 9.41. The molecule has 0 saturated heterocycles. The Morgan fingerprint density at radius 1 is 1.44 bits per heavy atom. The van der Waals surface area contributed by atoms with Crippen molar-refractivity contribution in [2.45, 2.75) is 18.9 Å². The molecule has 5 heteroatoms. The number of hydrogen-bond donors (Lipinski definition) is 2. The van der Waals surface area contributed by atoms with Gasteiger partial charge in [-0.2, -0.15) is 0 Å². The maximum atomic E-state index is 11.4. The number of hydrogen-bond acceptors (Lipinski definition) is 4. The van der Waals surface area contributed by atoms with E-state index in [1.54, 1.807) is 26.2 Å². The van der Waals surface area contributed by atoms with Gasteiger partial charge < -0.3 is 15.4 Å². The normalized spacial score (nSPS) is 14.4. The van der Waals surface area contributed by atoms with Gasteiger partial charge in [0.15, 0.2) is 11.6 Å². The van der Waals surface area contributed by atoms with Crippen molar-refractivity contribution < 1.29 is 9.53 Å². The van der Waals surface area contributed by atoms with E-state index < -0.39 is 0 Å². The van der Waals surface area contributed by atoms with Crippen LogP contribution in [0.1, 0.15) is 23.3 Å². The predicted octanol–water partition coefficient (Wildman–Crippen LogP) is 1.02. The molecule has 1 fully saturated rings. The summed E-state index contributed by atoms with van der Waals surface area (Å²) in [5, 5.41) is 5.47. The van der Waals surface area contributed by atoms with Crippen LogP contribution in [0, 0.1) is 0 Å². The molecule has 86 valence electrons. The molecule has 2 rings (SSSR count). The number of carbonyl (C=O) groups excluding carboxylic acids is 1. The Labute approximate surface area is 94.2 Å². The zero-order chi connectivity index (χ0) is 11.5. The van der Waals surface area contributed by atoms with Crippen molar-refractivity contribution in [1.29, 1.82) is 0 Å². The van der Waals surface area contributed by atoms with Gasteiger partial charge >= 0.3 is 0 Å². The van der Waals surface area contributed by atoms with Crippen LogP contribution >= 0.6 is 0 Å². The summed E-state index contributed by atoms with van der Waals surface area (Å²) < 4.78 is 5.66. The van der Waals surface area contributed by atoms with Crippen molar-refractivity contribution >= 4 is 11.7 Å². The van der Waals surface area contributed by atoms with Gasteiger partial charge in [-0.3, -0.25) is 4.79 Å². The Balaban J connectivity index is 2.22.